The fourth-order valence-corrected chi connectivity index (χ4v) is 5.88. The van der Waals surface area contributed by atoms with Gasteiger partial charge in [-0.1, -0.05) is 35.9 Å². The van der Waals surface area contributed by atoms with Crippen molar-refractivity contribution < 1.29 is 8.42 Å². The fourth-order valence-electron chi connectivity index (χ4n) is 3.63. The predicted octanol–water partition coefficient (Wildman–Crippen LogP) is 3.05. The van der Waals surface area contributed by atoms with Gasteiger partial charge in [-0.2, -0.15) is 0 Å². The molecule has 2 unspecified atom stereocenters. The molecule has 0 spiro atoms. The molecule has 1 aromatic carbocycles. The first kappa shape index (κ1) is 13.0. The highest BCUT2D eigenvalue weighted by Gasteiger charge is 2.42. The van der Waals surface area contributed by atoms with Gasteiger partial charge in [0.1, 0.15) is 0 Å². The van der Waals surface area contributed by atoms with E-state index < -0.39 is 9.84 Å². The van der Waals surface area contributed by atoms with Crippen LogP contribution in [0.4, 0.5) is 0 Å². The second-order valence-electron chi connectivity index (χ2n) is 6.02. The molecule has 4 heteroatoms. The van der Waals surface area contributed by atoms with Crippen molar-refractivity contribution in [1.29, 1.82) is 0 Å². The molecule has 2 atom stereocenters. The third kappa shape index (κ3) is 2.09. The molecule has 0 saturated carbocycles. The number of aromatic nitrogens is 1. The van der Waals surface area contributed by atoms with Gasteiger partial charge >= 0.3 is 0 Å². The zero-order valence-corrected chi connectivity index (χ0v) is 12.5. The number of rotatable bonds is 2. The van der Waals surface area contributed by atoms with Crippen LogP contribution >= 0.6 is 0 Å². The second kappa shape index (κ2) is 4.67. The third-order valence-corrected chi connectivity index (χ3v) is 7.25. The lowest BCUT2D eigenvalue weighted by Crippen LogP contribution is -2.27. The molecular weight excluding hydrogens is 282 g/mol. The molecule has 1 saturated heterocycles. The molecule has 3 nitrogen and oxygen atoms in total. The Balaban J connectivity index is 1.71. The summed E-state index contributed by atoms with van der Waals surface area (Å²) in [5.41, 5.74) is 3.48. The molecule has 1 aromatic heterocycles. The van der Waals surface area contributed by atoms with E-state index in [4.69, 9.17) is 0 Å². The first-order valence-corrected chi connectivity index (χ1v) is 9.00. The van der Waals surface area contributed by atoms with Gasteiger partial charge in [0.25, 0.3) is 0 Å². The molecular formula is C17H17NO2S. The Bertz CT molecular complexity index is 833. The van der Waals surface area contributed by atoms with E-state index in [-0.39, 0.29) is 10.5 Å². The summed E-state index contributed by atoms with van der Waals surface area (Å²) in [6, 6.07) is 10.2. The Hall–Kier alpha value is -1.68. The smallest absolute Gasteiger partial charge is 0.159 e. The van der Waals surface area contributed by atoms with Crippen LogP contribution in [0.15, 0.2) is 48.2 Å². The van der Waals surface area contributed by atoms with Crippen molar-refractivity contribution in [2.75, 3.05) is 0 Å². The lowest BCUT2D eigenvalue weighted by molar-refractivity contribution is 0.581. The average Bonchev–Trinajstić information content (AvgIpc) is 2.67. The molecule has 21 heavy (non-hydrogen) atoms. The SMILES string of the molecule is O=S1(=O)C2C=C(Cc3cccc4cccnc34)CC1CC2. The molecule has 1 fully saturated rings. The first-order valence-electron chi connectivity index (χ1n) is 7.39. The minimum absolute atomic E-state index is 0.148. The normalized spacial score (nSPS) is 26.8. The van der Waals surface area contributed by atoms with Gasteiger partial charge in [0.05, 0.1) is 16.0 Å². The van der Waals surface area contributed by atoms with E-state index in [9.17, 15) is 8.42 Å². The average molecular weight is 299 g/mol. The van der Waals surface area contributed by atoms with Gasteiger partial charge in [0.2, 0.25) is 0 Å². The molecule has 0 N–H and O–H groups in total. The summed E-state index contributed by atoms with van der Waals surface area (Å²) in [5.74, 6) is 0. The monoisotopic (exact) mass is 299 g/mol. The van der Waals surface area contributed by atoms with Crippen molar-refractivity contribution in [3.63, 3.8) is 0 Å². The maximum atomic E-state index is 12.1. The number of hydrogen-bond acceptors (Lipinski definition) is 3. The quantitative estimate of drug-likeness (QED) is 0.801. The molecule has 2 aliphatic rings. The van der Waals surface area contributed by atoms with E-state index in [2.05, 4.69) is 23.2 Å². The van der Waals surface area contributed by atoms with Gasteiger partial charge in [-0.05, 0) is 37.3 Å². The van der Waals surface area contributed by atoms with E-state index in [1.54, 1.807) is 0 Å². The lowest BCUT2D eigenvalue weighted by atomic mass is 9.98. The Kier molecular flexibility index (Phi) is 2.89. The zero-order chi connectivity index (χ0) is 14.4. The van der Waals surface area contributed by atoms with Gasteiger partial charge in [-0.25, -0.2) is 8.42 Å². The van der Waals surface area contributed by atoms with Crippen LogP contribution in [0.25, 0.3) is 10.9 Å². The second-order valence-corrected chi connectivity index (χ2v) is 8.48. The number of para-hydroxylation sites is 1. The Morgan fingerprint density at radius 2 is 2.00 bits per heavy atom. The molecule has 4 rings (SSSR count). The number of sulfone groups is 1. The van der Waals surface area contributed by atoms with Gasteiger partial charge in [-0.15, -0.1) is 0 Å². The van der Waals surface area contributed by atoms with Crippen molar-refractivity contribution in [1.82, 2.24) is 4.98 Å². The van der Waals surface area contributed by atoms with Crippen LogP contribution in [0, 0.1) is 0 Å². The van der Waals surface area contributed by atoms with E-state index >= 15 is 0 Å². The summed E-state index contributed by atoms with van der Waals surface area (Å²) in [4.78, 5) is 4.48. The molecule has 2 bridgehead atoms. The molecule has 108 valence electrons. The summed E-state index contributed by atoms with van der Waals surface area (Å²) < 4.78 is 24.3. The Morgan fingerprint density at radius 1 is 1.14 bits per heavy atom. The highest BCUT2D eigenvalue weighted by atomic mass is 32.2. The van der Waals surface area contributed by atoms with E-state index in [1.807, 2.05) is 24.4 Å². The van der Waals surface area contributed by atoms with Crippen LogP contribution in [-0.4, -0.2) is 23.9 Å². The fraction of sp³-hybridized carbons (Fsp3) is 0.353. The van der Waals surface area contributed by atoms with Crippen LogP contribution in [0.3, 0.4) is 0 Å². The predicted molar refractivity (Wildman–Crippen MR) is 83.9 cm³/mol. The van der Waals surface area contributed by atoms with Crippen molar-refractivity contribution >= 4 is 20.7 Å². The van der Waals surface area contributed by atoms with E-state index in [0.717, 1.165) is 30.2 Å². The topological polar surface area (TPSA) is 47.0 Å². The van der Waals surface area contributed by atoms with Crippen molar-refractivity contribution in [2.24, 2.45) is 0 Å². The first-order chi connectivity index (χ1) is 10.1. The molecule has 2 aromatic rings. The Morgan fingerprint density at radius 3 is 2.86 bits per heavy atom. The van der Waals surface area contributed by atoms with Crippen molar-refractivity contribution in [3.05, 3.63) is 53.7 Å². The molecule has 2 aliphatic heterocycles. The number of benzene rings is 1. The van der Waals surface area contributed by atoms with Gasteiger partial charge in [0.15, 0.2) is 9.84 Å². The van der Waals surface area contributed by atoms with Crippen molar-refractivity contribution in [2.45, 2.75) is 36.2 Å². The summed E-state index contributed by atoms with van der Waals surface area (Å²) in [6.07, 6.45) is 6.94. The van der Waals surface area contributed by atoms with Gasteiger partial charge in [-0.3, -0.25) is 4.98 Å². The number of nitrogens with zero attached hydrogens (tertiary/aromatic N) is 1. The van der Waals surface area contributed by atoms with Gasteiger partial charge < -0.3 is 0 Å². The number of hydrogen-bond donors (Lipinski definition) is 0. The minimum atomic E-state index is -2.89. The van der Waals surface area contributed by atoms with Crippen LogP contribution < -0.4 is 0 Å². The Labute approximate surface area is 124 Å². The summed E-state index contributed by atoms with van der Waals surface area (Å²) >= 11 is 0. The molecule has 0 radical (unpaired) electrons. The van der Waals surface area contributed by atoms with E-state index in [1.165, 1.54) is 11.1 Å². The molecule has 0 aliphatic carbocycles. The number of pyridine rings is 1. The number of fused-ring (bicyclic) bond motifs is 3. The standard InChI is InChI=1S/C17H17NO2S/c19-21(20)15-6-7-16(21)11-12(10-15)9-14-4-1-3-13-5-2-8-18-17(13)14/h1-5,8,10,15-16H,6-7,9,11H2. The van der Waals surface area contributed by atoms with Gasteiger partial charge in [0, 0.05) is 11.6 Å². The van der Waals surface area contributed by atoms with Crippen LogP contribution in [0.2, 0.25) is 0 Å². The van der Waals surface area contributed by atoms with Crippen LogP contribution in [0.5, 0.6) is 0 Å². The maximum Gasteiger partial charge on any atom is 0.159 e. The summed E-state index contributed by atoms with van der Waals surface area (Å²) in [7, 11) is -2.89. The van der Waals surface area contributed by atoms with Crippen LogP contribution in [0.1, 0.15) is 24.8 Å². The zero-order valence-electron chi connectivity index (χ0n) is 11.7. The third-order valence-electron chi connectivity index (χ3n) is 4.71. The van der Waals surface area contributed by atoms with Crippen LogP contribution in [-0.2, 0) is 16.3 Å². The summed E-state index contributed by atoms with van der Waals surface area (Å²) in [5, 5.41) is 0.752. The van der Waals surface area contributed by atoms with Crippen molar-refractivity contribution in [3.8, 4) is 0 Å². The highest BCUT2D eigenvalue weighted by Crippen LogP contribution is 2.38. The maximum absolute atomic E-state index is 12.1. The lowest BCUT2D eigenvalue weighted by Gasteiger charge is -2.20. The number of allylic oxidation sites excluding steroid dienone is 1. The molecule has 3 heterocycles. The minimum Gasteiger partial charge on any atom is -0.256 e. The highest BCUT2D eigenvalue weighted by molar-refractivity contribution is 7.93. The molecule has 0 amide bonds. The van der Waals surface area contributed by atoms with E-state index in [0.29, 0.717) is 6.42 Å². The largest absolute Gasteiger partial charge is 0.256 e. The summed E-state index contributed by atoms with van der Waals surface area (Å²) in [6.45, 7) is 0.